The molecular weight excluding hydrogens is 444 g/mol. The summed E-state index contributed by atoms with van der Waals surface area (Å²) in [6, 6.07) is 7.55. The molecule has 2 aliphatic heterocycles. The molecule has 0 radical (unpaired) electrons. The number of aromatic amines is 1. The molecule has 1 aromatic heterocycles. The number of para-hydroxylation sites is 1. The third-order valence-corrected chi connectivity index (χ3v) is 7.07. The summed E-state index contributed by atoms with van der Waals surface area (Å²) in [5, 5.41) is 22.9. The predicted octanol–water partition coefficient (Wildman–Crippen LogP) is 3.69. The molecule has 2 atom stereocenters. The maximum absolute atomic E-state index is 13.2. The first kappa shape index (κ1) is 25.4. The van der Waals surface area contributed by atoms with Crippen LogP contribution in [0.1, 0.15) is 70.2 Å². The van der Waals surface area contributed by atoms with Crippen LogP contribution in [0.4, 0.5) is 0 Å². The van der Waals surface area contributed by atoms with Crippen molar-refractivity contribution < 1.29 is 19.7 Å². The van der Waals surface area contributed by atoms with Gasteiger partial charge in [0.15, 0.2) is 5.79 Å². The number of amides is 1. The fourth-order valence-electron chi connectivity index (χ4n) is 4.69. The highest BCUT2D eigenvalue weighted by Gasteiger charge is 2.35. The molecule has 1 amide bonds. The maximum atomic E-state index is 13.2. The highest BCUT2D eigenvalue weighted by atomic mass is 16.5. The number of unbranched alkanes of at least 4 members (excludes halogenated alkanes) is 2. The van der Waals surface area contributed by atoms with Crippen molar-refractivity contribution in [3.63, 3.8) is 0 Å². The van der Waals surface area contributed by atoms with Crippen LogP contribution in [0.15, 0.2) is 42.6 Å². The van der Waals surface area contributed by atoms with E-state index in [9.17, 15) is 15.0 Å². The van der Waals surface area contributed by atoms with Gasteiger partial charge in [0.05, 0.1) is 24.0 Å². The summed E-state index contributed by atoms with van der Waals surface area (Å²) in [5.41, 5.74) is 1.79. The first-order valence-corrected chi connectivity index (χ1v) is 12.9. The Bertz CT molecular complexity index is 1000. The van der Waals surface area contributed by atoms with E-state index in [0.717, 1.165) is 74.4 Å². The van der Waals surface area contributed by atoms with Gasteiger partial charge >= 0.3 is 0 Å². The fourth-order valence-corrected chi connectivity index (χ4v) is 4.69. The molecule has 190 valence electrons. The molecule has 0 unspecified atom stereocenters. The first-order chi connectivity index (χ1) is 17.0. The van der Waals surface area contributed by atoms with Crippen molar-refractivity contribution >= 4 is 5.91 Å². The van der Waals surface area contributed by atoms with Gasteiger partial charge in [-0.25, -0.2) is 4.98 Å². The second-order valence-electron chi connectivity index (χ2n) is 9.59. The molecule has 0 aliphatic carbocycles. The fraction of sp³-hybridized carbons (Fsp3) is 0.556. The minimum Gasteiger partial charge on any atom is -0.489 e. The number of nitrogens with zero attached hydrogens (tertiary/aromatic N) is 2. The van der Waals surface area contributed by atoms with Gasteiger partial charge in [-0.3, -0.25) is 9.69 Å². The number of aromatic nitrogens is 2. The Morgan fingerprint density at radius 3 is 2.83 bits per heavy atom. The van der Waals surface area contributed by atoms with E-state index in [2.05, 4.69) is 26.3 Å². The molecule has 8 heteroatoms. The Morgan fingerprint density at radius 2 is 2.03 bits per heavy atom. The van der Waals surface area contributed by atoms with E-state index in [1.165, 1.54) is 0 Å². The van der Waals surface area contributed by atoms with Crippen molar-refractivity contribution in [1.82, 2.24) is 20.2 Å². The number of carbonyl (C=O) groups excluding carboxylic acids is 1. The van der Waals surface area contributed by atoms with Crippen molar-refractivity contribution in [3.8, 4) is 17.0 Å². The van der Waals surface area contributed by atoms with E-state index in [1.54, 1.807) is 13.1 Å². The average molecular weight is 483 g/mol. The number of hydrogen-bond acceptors (Lipinski definition) is 6. The van der Waals surface area contributed by atoms with Crippen molar-refractivity contribution in [1.29, 1.82) is 0 Å². The normalized spacial score (nSPS) is 22.3. The van der Waals surface area contributed by atoms with Crippen LogP contribution in [0.2, 0.25) is 0 Å². The quantitative estimate of drug-likeness (QED) is 0.272. The third-order valence-electron chi connectivity index (χ3n) is 7.07. The van der Waals surface area contributed by atoms with Crippen LogP contribution in [-0.4, -0.2) is 62.5 Å². The number of ether oxygens (including phenoxy) is 1. The zero-order valence-electron chi connectivity index (χ0n) is 20.6. The van der Waals surface area contributed by atoms with Crippen LogP contribution in [0, 0.1) is 0 Å². The Morgan fingerprint density at radius 1 is 1.17 bits per heavy atom. The molecule has 1 aromatic carbocycles. The van der Waals surface area contributed by atoms with Crippen LogP contribution >= 0.6 is 0 Å². The Balaban J connectivity index is 1.51. The molecule has 3 heterocycles. The lowest BCUT2D eigenvalue weighted by Crippen LogP contribution is -2.56. The van der Waals surface area contributed by atoms with Crippen LogP contribution in [0.3, 0.4) is 0 Å². The molecule has 2 aromatic rings. The maximum Gasteiger partial charge on any atom is 0.237 e. The summed E-state index contributed by atoms with van der Waals surface area (Å²) < 4.78 is 6.03. The van der Waals surface area contributed by atoms with Crippen LogP contribution in [0.5, 0.6) is 5.75 Å². The van der Waals surface area contributed by atoms with Gasteiger partial charge in [0, 0.05) is 25.1 Å². The van der Waals surface area contributed by atoms with Crippen LogP contribution in [-0.2, 0) is 4.79 Å². The van der Waals surface area contributed by atoms with Gasteiger partial charge in [0.2, 0.25) is 5.91 Å². The molecule has 2 aliphatic rings. The minimum absolute atomic E-state index is 0.0507. The lowest BCUT2D eigenvalue weighted by molar-refractivity contribution is -0.167. The van der Waals surface area contributed by atoms with Crippen molar-refractivity contribution in [2.75, 3.05) is 19.7 Å². The van der Waals surface area contributed by atoms with Crippen LogP contribution in [0.25, 0.3) is 11.3 Å². The first-order valence-electron chi connectivity index (χ1n) is 12.9. The summed E-state index contributed by atoms with van der Waals surface area (Å²) in [7, 11) is 0. The second-order valence-corrected chi connectivity index (χ2v) is 9.59. The number of carbonyl (C=O) groups is 1. The monoisotopic (exact) mass is 482 g/mol. The van der Waals surface area contributed by atoms with E-state index >= 15 is 0 Å². The van der Waals surface area contributed by atoms with Gasteiger partial charge in [-0.1, -0.05) is 44.1 Å². The SMILES string of the molecule is CCC(O)(O)CCCCC[C@@H]1NC(=O)[C@H]2CCN2CC/C=C/COc2ccccc2-c2cnc1[nH]2. The van der Waals surface area contributed by atoms with Crippen LogP contribution < -0.4 is 10.1 Å². The van der Waals surface area contributed by atoms with Crippen molar-refractivity contribution in [2.24, 2.45) is 0 Å². The molecule has 8 nitrogen and oxygen atoms in total. The van der Waals surface area contributed by atoms with E-state index in [4.69, 9.17) is 4.74 Å². The Labute approximate surface area is 207 Å². The second kappa shape index (κ2) is 11.8. The van der Waals surface area contributed by atoms with Gasteiger partial charge in [-0.05, 0) is 44.2 Å². The highest BCUT2D eigenvalue weighted by molar-refractivity contribution is 5.83. The molecule has 4 N–H and O–H groups in total. The number of imidazole rings is 1. The topological polar surface area (TPSA) is 111 Å². The summed E-state index contributed by atoms with van der Waals surface area (Å²) in [6.07, 6.45) is 11.5. The summed E-state index contributed by atoms with van der Waals surface area (Å²) in [5.74, 6) is -0.0250. The molecule has 0 spiro atoms. The van der Waals surface area contributed by atoms with Gasteiger partial charge in [0.1, 0.15) is 18.2 Å². The smallest absolute Gasteiger partial charge is 0.237 e. The molecule has 4 rings (SSSR count). The Kier molecular flexibility index (Phi) is 8.59. The lowest BCUT2D eigenvalue weighted by atomic mass is 9.99. The standard InChI is InChI=1S/C27H38N4O4/c1-2-27(33,34)15-8-3-5-12-21-25-28-19-22(29-25)20-11-6-7-13-24(20)35-18-10-4-9-16-31-17-14-23(31)26(32)30-21/h4,6-7,10-11,13,19,21,23,33-34H,2-3,5,8-9,12,14-18H2,1H3,(H,28,29)(H,30,32)/b10-4+/t21-,23+/m0/s1. The minimum atomic E-state index is -1.59. The molecular formula is C27H38N4O4. The number of H-pyrrole nitrogens is 1. The van der Waals surface area contributed by atoms with E-state index < -0.39 is 5.79 Å². The number of rotatable bonds is 7. The molecule has 2 bridgehead atoms. The van der Waals surface area contributed by atoms with E-state index in [-0.39, 0.29) is 18.0 Å². The lowest BCUT2D eigenvalue weighted by Gasteiger charge is -2.40. The van der Waals surface area contributed by atoms with Gasteiger partial charge in [-0.15, -0.1) is 0 Å². The van der Waals surface area contributed by atoms with E-state index in [0.29, 0.717) is 19.4 Å². The number of hydrogen-bond donors (Lipinski definition) is 4. The van der Waals surface area contributed by atoms with Gasteiger partial charge in [-0.2, -0.15) is 0 Å². The zero-order chi connectivity index (χ0) is 24.7. The molecule has 1 fully saturated rings. The Hall–Kier alpha value is -2.68. The summed E-state index contributed by atoms with van der Waals surface area (Å²) in [4.78, 5) is 23.4. The molecule has 35 heavy (non-hydrogen) atoms. The largest absolute Gasteiger partial charge is 0.489 e. The third kappa shape index (κ3) is 6.72. The number of benzene rings is 1. The van der Waals surface area contributed by atoms with Crippen molar-refractivity contribution in [2.45, 2.75) is 76.2 Å². The van der Waals surface area contributed by atoms with Gasteiger partial charge < -0.3 is 25.3 Å². The highest BCUT2D eigenvalue weighted by Crippen LogP contribution is 2.31. The van der Waals surface area contributed by atoms with E-state index in [1.807, 2.05) is 30.3 Å². The molecule has 1 saturated heterocycles. The number of aliphatic hydroxyl groups is 2. The van der Waals surface area contributed by atoms with Crippen molar-refractivity contribution in [3.05, 3.63) is 48.4 Å². The molecule has 0 saturated carbocycles. The zero-order valence-corrected chi connectivity index (χ0v) is 20.6. The average Bonchev–Trinajstić information content (AvgIpc) is 3.31. The predicted molar refractivity (Wildman–Crippen MR) is 135 cm³/mol. The summed E-state index contributed by atoms with van der Waals surface area (Å²) in [6.45, 7) is 4.05. The number of nitrogens with one attached hydrogen (secondary N) is 2. The van der Waals surface area contributed by atoms with Gasteiger partial charge in [0.25, 0.3) is 0 Å². The summed E-state index contributed by atoms with van der Waals surface area (Å²) >= 11 is 0. The number of fused-ring (bicyclic) bond motifs is 5.